The number of aryl methyl sites for hydroxylation is 2. The quantitative estimate of drug-likeness (QED) is 0.433. The number of ether oxygens (including phenoxy) is 1. The summed E-state index contributed by atoms with van der Waals surface area (Å²) in [4.78, 5) is 13.1. The molecule has 8 heteroatoms. The molecule has 4 aromatic rings. The van der Waals surface area contributed by atoms with Gasteiger partial charge < -0.3 is 9.30 Å². The molecule has 7 nitrogen and oxygen atoms in total. The molecule has 33 heavy (non-hydrogen) atoms. The summed E-state index contributed by atoms with van der Waals surface area (Å²) in [6, 6.07) is 10.5. The highest BCUT2D eigenvalue weighted by atomic mass is 32.2. The highest BCUT2D eigenvalue weighted by Gasteiger charge is 2.24. The van der Waals surface area contributed by atoms with Crippen molar-refractivity contribution in [3.8, 4) is 22.6 Å². The number of nitrogens with zero attached hydrogens (tertiary/aromatic N) is 3. The summed E-state index contributed by atoms with van der Waals surface area (Å²) in [6.07, 6.45) is 8.91. The van der Waals surface area contributed by atoms with Crippen molar-refractivity contribution in [2.75, 3.05) is 12.9 Å². The van der Waals surface area contributed by atoms with Crippen LogP contribution in [0.15, 0.2) is 64.7 Å². The van der Waals surface area contributed by atoms with Crippen LogP contribution >= 0.6 is 0 Å². The minimum absolute atomic E-state index is 0.128. The molecule has 0 saturated heterocycles. The van der Waals surface area contributed by atoms with Gasteiger partial charge >= 0.3 is 0 Å². The second kappa shape index (κ2) is 7.88. The van der Waals surface area contributed by atoms with E-state index in [1.807, 2.05) is 25.3 Å². The molecule has 1 fully saturated rings. The standard InChI is InChI=1S/C25H25N3O4S/c1-16-12-26-28(13-16)18-6-8-20-21(10-18)23(14-27(2)25(20)29)22-11-19(33(3,30)31)7-9-24(22)32-15-17-4-5-17/h6-14,17H,4-5,15H2,1-3H3. The first-order valence-electron chi connectivity index (χ1n) is 10.8. The van der Waals surface area contributed by atoms with E-state index in [0.29, 0.717) is 34.6 Å². The van der Waals surface area contributed by atoms with Gasteiger partial charge in [0.1, 0.15) is 5.75 Å². The molecule has 1 aliphatic carbocycles. The van der Waals surface area contributed by atoms with Crippen molar-refractivity contribution < 1.29 is 13.2 Å². The molecule has 2 heterocycles. The maximum atomic E-state index is 12.9. The van der Waals surface area contributed by atoms with E-state index < -0.39 is 9.84 Å². The zero-order valence-corrected chi connectivity index (χ0v) is 19.6. The average molecular weight is 464 g/mol. The van der Waals surface area contributed by atoms with Gasteiger partial charge in [-0.1, -0.05) is 0 Å². The highest BCUT2D eigenvalue weighted by molar-refractivity contribution is 7.90. The molecule has 0 N–H and O–H groups in total. The van der Waals surface area contributed by atoms with Gasteiger partial charge in [-0.2, -0.15) is 5.10 Å². The van der Waals surface area contributed by atoms with Crippen molar-refractivity contribution in [2.24, 2.45) is 13.0 Å². The molecule has 0 unspecified atom stereocenters. The van der Waals surface area contributed by atoms with E-state index in [-0.39, 0.29) is 10.5 Å². The summed E-state index contributed by atoms with van der Waals surface area (Å²) < 4.78 is 34.0. The van der Waals surface area contributed by atoms with Crippen LogP contribution in [0.3, 0.4) is 0 Å². The Morgan fingerprint density at radius 1 is 1.06 bits per heavy atom. The van der Waals surface area contributed by atoms with Crippen molar-refractivity contribution in [3.63, 3.8) is 0 Å². The number of sulfone groups is 1. The lowest BCUT2D eigenvalue weighted by Crippen LogP contribution is -2.17. The maximum absolute atomic E-state index is 12.9. The summed E-state index contributed by atoms with van der Waals surface area (Å²) in [6.45, 7) is 2.55. The minimum atomic E-state index is -3.43. The third-order valence-electron chi connectivity index (χ3n) is 5.98. The molecule has 170 valence electrons. The average Bonchev–Trinajstić information content (AvgIpc) is 3.52. The molecule has 0 spiro atoms. The smallest absolute Gasteiger partial charge is 0.258 e. The van der Waals surface area contributed by atoms with Crippen LogP contribution in [0.2, 0.25) is 0 Å². The highest BCUT2D eigenvalue weighted by Crippen LogP contribution is 2.38. The third-order valence-corrected chi connectivity index (χ3v) is 7.09. The van der Waals surface area contributed by atoms with Gasteiger partial charge in [-0.15, -0.1) is 0 Å². The Morgan fingerprint density at radius 2 is 1.85 bits per heavy atom. The van der Waals surface area contributed by atoms with Crippen LogP contribution in [-0.2, 0) is 16.9 Å². The lowest BCUT2D eigenvalue weighted by atomic mass is 9.99. The number of fused-ring (bicyclic) bond motifs is 1. The molecule has 0 bridgehead atoms. The summed E-state index contributed by atoms with van der Waals surface area (Å²) >= 11 is 0. The minimum Gasteiger partial charge on any atom is -0.493 e. The Balaban J connectivity index is 1.77. The number of rotatable bonds is 6. The topological polar surface area (TPSA) is 83.2 Å². The Bertz CT molecular complexity index is 1550. The zero-order chi connectivity index (χ0) is 23.3. The van der Waals surface area contributed by atoms with Gasteiger partial charge in [-0.05, 0) is 73.0 Å². The SMILES string of the molecule is Cc1cnn(-c2ccc3c(=O)n(C)cc(-c4cc(S(C)(=O)=O)ccc4OCC4CC4)c3c2)c1. The van der Waals surface area contributed by atoms with Crippen LogP contribution in [0.4, 0.5) is 0 Å². The lowest BCUT2D eigenvalue weighted by Gasteiger charge is -2.16. The Hall–Kier alpha value is -3.39. The number of pyridine rings is 1. The van der Waals surface area contributed by atoms with Gasteiger partial charge in [-0.3, -0.25) is 4.79 Å². The molecule has 0 aliphatic heterocycles. The van der Waals surface area contributed by atoms with Gasteiger partial charge in [0.2, 0.25) is 0 Å². The van der Waals surface area contributed by atoms with Gasteiger partial charge in [-0.25, -0.2) is 13.1 Å². The number of benzene rings is 2. The van der Waals surface area contributed by atoms with E-state index in [9.17, 15) is 13.2 Å². The molecule has 2 aromatic carbocycles. The van der Waals surface area contributed by atoms with Gasteiger partial charge in [0, 0.05) is 42.2 Å². The van der Waals surface area contributed by atoms with Crippen molar-refractivity contribution in [3.05, 3.63) is 70.9 Å². The second-order valence-electron chi connectivity index (χ2n) is 8.84. The van der Waals surface area contributed by atoms with Crippen LogP contribution < -0.4 is 10.3 Å². The molecule has 0 radical (unpaired) electrons. The molecular weight excluding hydrogens is 438 g/mol. The lowest BCUT2D eigenvalue weighted by molar-refractivity contribution is 0.301. The number of hydrogen-bond donors (Lipinski definition) is 0. The number of aromatic nitrogens is 3. The van der Waals surface area contributed by atoms with Crippen molar-refractivity contribution in [1.29, 1.82) is 0 Å². The van der Waals surface area contributed by atoms with Crippen LogP contribution in [0.25, 0.3) is 27.6 Å². The molecule has 0 atom stereocenters. The Morgan fingerprint density at radius 3 is 2.52 bits per heavy atom. The molecule has 1 saturated carbocycles. The Kier molecular flexibility index (Phi) is 5.12. The largest absolute Gasteiger partial charge is 0.493 e. The first-order chi connectivity index (χ1) is 15.7. The summed E-state index contributed by atoms with van der Waals surface area (Å²) in [7, 11) is -1.73. The Labute approximate surface area is 192 Å². The summed E-state index contributed by atoms with van der Waals surface area (Å²) in [5, 5.41) is 5.64. The molecular formula is C25H25N3O4S. The van der Waals surface area contributed by atoms with Crippen molar-refractivity contribution in [1.82, 2.24) is 14.3 Å². The normalized spacial score (nSPS) is 14.0. The number of hydrogen-bond acceptors (Lipinski definition) is 5. The summed E-state index contributed by atoms with van der Waals surface area (Å²) in [5.74, 6) is 1.15. The summed E-state index contributed by atoms with van der Waals surface area (Å²) in [5.41, 5.74) is 3.08. The molecule has 5 rings (SSSR count). The van der Waals surface area contributed by atoms with Crippen molar-refractivity contribution in [2.45, 2.75) is 24.7 Å². The van der Waals surface area contributed by atoms with E-state index >= 15 is 0 Å². The van der Waals surface area contributed by atoms with Gasteiger partial charge in [0.25, 0.3) is 5.56 Å². The van der Waals surface area contributed by atoms with Crippen LogP contribution in [0.1, 0.15) is 18.4 Å². The predicted octanol–water partition coefficient (Wildman–Crippen LogP) is 3.89. The maximum Gasteiger partial charge on any atom is 0.258 e. The first kappa shape index (κ1) is 21.5. The third kappa shape index (κ3) is 4.18. The van der Waals surface area contributed by atoms with E-state index in [1.54, 1.807) is 48.4 Å². The second-order valence-corrected chi connectivity index (χ2v) is 10.9. The fourth-order valence-electron chi connectivity index (χ4n) is 3.93. The molecule has 1 aliphatic rings. The fraction of sp³-hybridized carbons (Fsp3) is 0.280. The van der Waals surface area contributed by atoms with E-state index in [2.05, 4.69) is 5.10 Å². The van der Waals surface area contributed by atoms with Crippen LogP contribution in [0, 0.1) is 12.8 Å². The van der Waals surface area contributed by atoms with Crippen LogP contribution in [-0.4, -0.2) is 35.6 Å². The monoisotopic (exact) mass is 463 g/mol. The fourth-order valence-corrected chi connectivity index (χ4v) is 4.58. The van der Waals surface area contributed by atoms with E-state index in [1.165, 1.54) is 10.8 Å². The zero-order valence-electron chi connectivity index (χ0n) is 18.8. The van der Waals surface area contributed by atoms with Crippen LogP contribution in [0.5, 0.6) is 5.75 Å². The van der Waals surface area contributed by atoms with E-state index in [4.69, 9.17) is 4.74 Å². The van der Waals surface area contributed by atoms with Gasteiger partial charge in [0.15, 0.2) is 9.84 Å². The van der Waals surface area contributed by atoms with E-state index in [0.717, 1.165) is 29.7 Å². The predicted molar refractivity (Wildman–Crippen MR) is 128 cm³/mol. The van der Waals surface area contributed by atoms with Crippen molar-refractivity contribution >= 4 is 20.6 Å². The van der Waals surface area contributed by atoms with Gasteiger partial charge in [0.05, 0.1) is 23.4 Å². The molecule has 2 aromatic heterocycles. The first-order valence-corrected chi connectivity index (χ1v) is 12.7. The molecule has 0 amide bonds.